The third-order valence-electron chi connectivity index (χ3n) is 5.71. The van der Waals surface area contributed by atoms with Gasteiger partial charge < -0.3 is 20.8 Å². The van der Waals surface area contributed by atoms with E-state index in [2.05, 4.69) is 9.97 Å². The Kier molecular flexibility index (Phi) is 7.03. The first kappa shape index (κ1) is 24.3. The Morgan fingerprint density at radius 1 is 1.34 bits per heavy atom. The molecule has 0 aliphatic heterocycles. The zero-order valence-electron chi connectivity index (χ0n) is 17.2. The maximum atomic E-state index is 15.2. The standard InChI is InChI=1S/C20H24F6N4O2/c1-32-8-12(18(31)28-9-20(24,25)26)11-2-3-13-16(14(11)21)30-17(29-13)15(27)10-4-6-19(22,23)7-5-10/h2-3,10,12,15H,4-9,27H2,1H3,(H,28,31)(H,29,30)/t12-,15+/m1/s1. The topological polar surface area (TPSA) is 93.0 Å². The lowest BCUT2D eigenvalue weighted by Crippen LogP contribution is -2.38. The number of fused-ring (bicyclic) bond motifs is 1. The molecule has 0 unspecified atom stereocenters. The van der Waals surface area contributed by atoms with E-state index in [4.69, 9.17) is 10.5 Å². The minimum atomic E-state index is -4.62. The predicted octanol–water partition coefficient (Wildman–Crippen LogP) is 3.94. The fraction of sp³-hybridized carbons (Fsp3) is 0.600. The number of hydrogen-bond donors (Lipinski definition) is 3. The number of ether oxygens (including phenoxy) is 1. The van der Waals surface area contributed by atoms with E-state index in [1.54, 1.807) is 5.32 Å². The van der Waals surface area contributed by atoms with Crippen LogP contribution < -0.4 is 11.1 Å². The number of nitrogens with one attached hydrogen (secondary N) is 2. The highest BCUT2D eigenvalue weighted by molar-refractivity contribution is 5.86. The Morgan fingerprint density at radius 2 is 2.00 bits per heavy atom. The average molecular weight is 466 g/mol. The first-order chi connectivity index (χ1) is 14.9. The van der Waals surface area contributed by atoms with Crippen LogP contribution >= 0.6 is 0 Å². The fourth-order valence-corrected chi connectivity index (χ4v) is 3.93. The van der Waals surface area contributed by atoms with Crippen molar-refractivity contribution in [2.45, 2.75) is 49.7 Å². The Labute approximate surface area is 179 Å². The Hall–Kier alpha value is -2.34. The average Bonchev–Trinajstić information content (AvgIpc) is 3.15. The highest BCUT2D eigenvalue weighted by Gasteiger charge is 2.38. The second-order valence-corrected chi connectivity index (χ2v) is 8.05. The van der Waals surface area contributed by atoms with Crippen molar-refractivity contribution in [2.24, 2.45) is 11.7 Å². The van der Waals surface area contributed by atoms with E-state index in [-0.39, 0.29) is 60.6 Å². The number of methoxy groups -OCH3 is 1. The van der Waals surface area contributed by atoms with Crippen LogP contribution in [0.3, 0.4) is 0 Å². The van der Waals surface area contributed by atoms with Gasteiger partial charge in [-0.1, -0.05) is 6.07 Å². The number of nitrogens with two attached hydrogens (primary N) is 1. The van der Waals surface area contributed by atoms with Gasteiger partial charge >= 0.3 is 6.18 Å². The second-order valence-electron chi connectivity index (χ2n) is 8.05. The van der Waals surface area contributed by atoms with Gasteiger partial charge in [0.1, 0.15) is 17.9 Å². The number of alkyl halides is 5. The molecule has 0 bridgehead atoms. The largest absolute Gasteiger partial charge is 0.405 e. The third kappa shape index (κ3) is 5.52. The van der Waals surface area contributed by atoms with Gasteiger partial charge in [-0.15, -0.1) is 0 Å². The van der Waals surface area contributed by atoms with Crippen LogP contribution in [0.15, 0.2) is 12.1 Å². The van der Waals surface area contributed by atoms with Gasteiger partial charge in [-0.2, -0.15) is 13.2 Å². The number of nitrogens with zero attached hydrogens (tertiary/aromatic N) is 1. The molecule has 4 N–H and O–H groups in total. The lowest BCUT2D eigenvalue weighted by Gasteiger charge is -2.31. The van der Waals surface area contributed by atoms with E-state index < -0.39 is 42.3 Å². The highest BCUT2D eigenvalue weighted by atomic mass is 19.4. The van der Waals surface area contributed by atoms with Gasteiger partial charge in [-0.3, -0.25) is 4.79 Å². The van der Waals surface area contributed by atoms with Gasteiger partial charge in [0.15, 0.2) is 5.82 Å². The lowest BCUT2D eigenvalue weighted by atomic mass is 9.82. The number of aromatic nitrogens is 2. The summed E-state index contributed by atoms with van der Waals surface area (Å²) in [5.74, 6) is -6.02. The smallest absolute Gasteiger partial charge is 0.384 e. The van der Waals surface area contributed by atoms with Crippen molar-refractivity contribution in [1.29, 1.82) is 0 Å². The first-order valence-electron chi connectivity index (χ1n) is 10.1. The molecule has 0 radical (unpaired) electrons. The molecule has 1 aromatic heterocycles. The molecule has 178 valence electrons. The van der Waals surface area contributed by atoms with Gasteiger partial charge in [-0.25, -0.2) is 18.2 Å². The molecule has 12 heteroatoms. The molecule has 1 amide bonds. The van der Waals surface area contributed by atoms with Crippen molar-refractivity contribution >= 4 is 16.9 Å². The van der Waals surface area contributed by atoms with Gasteiger partial charge in [0.05, 0.1) is 24.1 Å². The van der Waals surface area contributed by atoms with Crippen LogP contribution in [0.1, 0.15) is 49.0 Å². The molecule has 6 nitrogen and oxygen atoms in total. The quantitative estimate of drug-likeness (QED) is 0.539. The zero-order valence-corrected chi connectivity index (χ0v) is 17.2. The number of amides is 1. The summed E-state index contributed by atoms with van der Waals surface area (Å²) in [6, 6.07) is 1.99. The van der Waals surface area contributed by atoms with Crippen molar-refractivity contribution in [3.63, 3.8) is 0 Å². The third-order valence-corrected chi connectivity index (χ3v) is 5.71. The molecule has 32 heavy (non-hydrogen) atoms. The molecule has 3 rings (SSSR count). The minimum absolute atomic E-state index is 0.140. The molecule has 1 aliphatic carbocycles. The molecule has 1 heterocycles. The number of aromatic amines is 1. The predicted molar refractivity (Wildman–Crippen MR) is 104 cm³/mol. The molecule has 1 saturated carbocycles. The first-order valence-corrected chi connectivity index (χ1v) is 10.1. The van der Waals surface area contributed by atoms with Crippen molar-refractivity contribution in [3.8, 4) is 0 Å². The molecule has 1 aliphatic rings. The summed E-state index contributed by atoms with van der Waals surface area (Å²) in [6.45, 7) is -1.91. The normalized spacial score (nSPS) is 19.1. The van der Waals surface area contributed by atoms with Gasteiger partial charge in [-0.05, 0) is 24.8 Å². The molecule has 1 fully saturated rings. The number of hydrogen-bond acceptors (Lipinski definition) is 4. The molecular formula is C20H24F6N4O2. The SMILES string of the molecule is COC[C@@H](C(=O)NCC(F)(F)F)c1ccc2[nH]c([C@@H](N)C3CCC(F)(F)CC3)nc2c1F. The van der Waals surface area contributed by atoms with Crippen LogP contribution in [0.4, 0.5) is 26.3 Å². The van der Waals surface area contributed by atoms with Crippen LogP contribution in [0, 0.1) is 11.7 Å². The van der Waals surface area contributed by atoms with Crippen molar-refractivity contribution in [3.05, 3.63) is 29.3 Å². The summed E-state index contributed by atoms with van der Waals surface area (Å²) in [6.07, 6.45) is -4.78. The Balaban J connectivity index is 1.85. The van der Waals surface area contributed by atoms with Gasteiger partial charge in [0.2, 0.25) is 11.8 Å². The molecule has 0 saturated heterocycles. The van der Waals surface area contributed by atoms with E-state index in [0.29, 0.717) is 0 Å². The molecule has 0 spiro atoms. The van der Waals surface area contributed by atoms with E-state index >= 15 is 4.39 Å². The van der Waals surface area contributed by atoms with E-state index in [9.17, 15) is 26.7 Å². The molecular weight excluding hydrogens is 442 g/mol. The Morgan fingerprint density at radius 3 is 2.59 bits per heavy atom. The monoisotopic (exact) mass is 466 g/mol. The fourth-order valence-electron chi connectivity index (χ4n) is 3.93. The number of rotatable bonds is 7. The number of halogens is 6. The van der Waals surface area contributed by atoms with Crippen LogP contribution in [0.2, 0.25) is 0 Å². The number of imidazole rings is 1. The van der Waals surface area contributed by atoms with E-state index in [0.717, 1.165) is 0 Å². The second kappa shape index (κ2) is 9.26. The van der Waals surface area contributed by atoms with Gasteiger partial charge in [0.25, 0.3) is 0 Å². The van der Waals surface area contributed by atoms with Crippen LogP contribution in [-0.4, -0.2) is 48.2 Å². The summed E-state index contributed by atoms with van der Waals surface area (Å²) in [4.78, 5) is 19.3. The maximum absolute atomic E-state index is 15.2. The molecule has 2 atom stereocenters. The van der Waals surface area contributed by atoms with Crippen molar-refractivity contribution < 1.29 is 35.9 Å². The van der Waals surface area contributed by atoms with E-state index in [1.165, 1.54) is 19.2 Å². The van der Waals surface area contributed by atoms with Crippen LogP contribution in [0.5, 0.6) is 0 Å². The maximum Gasteiger partial charge on any atom is 0.405 e. The molecule has 1 aromatic carbocycles. The number of benzene rings is 1. The number of H-pyrrole nitrogens is 1. The van der Waals surface area contributed by atoms with Crippen LogP contribution in [0.25, 0.3) is 11.0 Å². The highest BCUT2D eigenvalue weighted by Crippen LogP contribution is 2.40. The summed E-state index contributed by atoms with van der Waals surface area (Å²) in [7, 11) is 1.24. The number of carbonyl (C=O) groups excluding carboxylic acids is 1. The minimum Gasteiger partial charge on any atom is -0.384 e. The van der Waals surface area contributed by atoms with Crippen LogP contribution in [-0.2, 0) is 9.53 Å². The van der Waals surface area contributed by atoms with Gasteiger partial charge in [0, 0.05) is 25.5 Å². The zero-order chi connectivity index (χ0) is 23.7. The summed E-state index contributed by atoms with van der Waals surface area (Å²) >= 11 is 0. The van der Waals surface area contributed by atoms with Crippen molar-refractivity contribution in [1.82, 2.24) is 15.3 Å². The van der Waals surface area contributed by atoms with E-state index in [1.807, 2.05) is 0 Å². The number of carbonyl (C=O) groups is 1. The summed E-state index contributed by atoms with van der Waals surface area (Å²) < 4.78 is 84.3. The summed E-state index contributed by atoms with van der Waals surface area (Å²) in [5, 5.41) is 1.73. The molecule has 2 aromatic rings. The lowest BCUT2D eigenvalue weighted by molar-refractivity contribution is -0.140. The summed E-state index contributed by atoms with van der Waals surface area (Å²) in [5.41, 5.74) is 6.14. The van der Waals surface area contributed by atoms with Crippen molar-refractivity contribution in [2.75, 3.05) is 20.3 Å². The Bertz CT molecular complexity index is 951.